The van der Waals surface area contributed by atoms with Gasteiger partial charge in [-0.25, -0.2) is 4.39 Å². The molecule has 0 radical (unpaired) electrons. The fraction of sp³-hybridized carbons (Fsp3) is 0.316. The van der Waals surface area contributed by atoms with Crippen molar-refractivity contribution in [3.63, 3.8) is 0 Å². The fourth-order valence-electron chi connectivity index (χ4n) is 3.36. The summed E-state index contributed by atoms with van der Waals surface area (Å²) in [6.07, 6.45) is 0.866. The van der Waals surface area contributed by atoms with E-state index in [-0.39, 0.29) is 11.2 Å². The summed E-state index contributed by atoms with van der Waals surface area (Å²) in [5.41, 5.74) is 2.65. The summed E-state index contributed by atoms with van der Waals surface area (Å²) in [7, 11) is 0. The van der Waals surface area contributed by atoms with Crippen LogP contribution in [0.2, 0.25) is 0 Å². The van der Waals surface area contributed by atoms with Crippen molar-refractivity contribution < 1.29 is 9.13 Å². The first-order valence-electron chi connectivity index (χ1n) is 8.59. The molecule has 1 aromatic heterocycles. The molecule has 7 heteroatoms. The smallest absolute Gasteiger partial charge is 0.153 e. The molecule has 2 heterocycles. The van der Waals surface area contributed by atoms with E-state index < -0.39 is 0 Å². The molecule has 1 saturated heterocycles. The van der Waals surface area contributed by atoms with Gasteiger partial charge < -0.3 is 10.1 Å². The van der Waals surface area contributed by atoms with Gasteiger partial charge >= 0.3 is 0 Å². The van der Waals surface area contributed by atoms with E-state index in [0.29, 0.717) is 19.8 Å². The predicted molar refractivity (Wildman–Crippen MR) is 95.9 cm³/mol. The van der Waals surface area contributed by atoms with Crippen LogP contribution in [0.15, 0.2) is 48.5 Å². The van der Waals surface area contributed by atoms with Crippen LogP contribution in [0.1, 0.15) is 17.8 Å². The predicted octanol–water partition coefficient (Wildman–Crippen LogP) is 2.88. The lowest BCUT2D eigenvalue weighted by Gasteiger charge is -2.29. The van der Waals surface area contributed by atoms with Crippen LogP contribution in [0.3, 0.4) is 0 Å². The molecule has 26 heavy (non-hydrogen) atoms. The van der Waals surface area contributed by atoms with Gasteiger partial charge in [-0.15, -0.1) is 5.10 Å². The topological polar surface area (TPSA) is 64.9 Å². The number of tetrazole rings is 1. The molecule has 0 bridgehead atoms. The average Bonchev–Trinajstić information content (AvgIpc) is 3.30. The summed E-state index contributed by atoms with van der Waals surface area (Å²) in [5, 5.41) is 15.0. The molecular weight excluding hydrogens is 333 g/mol. The molecule has 134 valence electrons. The van der Waals surface area contributed by atoms with Gasteiger partial charge in [0.25, 0.3) is 0 Å². The van der Waals surface area contributed by atoms with Crippen molar-refractivity contribution in [3.8, 4) is 5.69 Å². The molecule has 4 rings (SSSR count). The Kier molecular flexibility index (Phi) is 4.38. The molecular formula is C19H20FN5O. The summed E-state index contributed by atoms with van der Waals surface area (Å²) in [6.45, 7) is 3.82. The Balaban J connectivity index is 1.51. The summed E-state index contributed by atoms with van der Waals surface area (Å²) in [4.78, 5) is 0. The Hall–Kier alpha value is -2.80. The zero-order chi connectivity index (χ0) is 18.0. The van der Waals surface area contributed by atoms with Crippen LogP contribution in [0.5, 0.6) is 0 Å². The van der Waals surface area contributed by atoms with Crippen LogP contribution in [0.25, 0.3) is 5.69 Å². The van der Waals surface area contributed by atoms with Gasteiger partial charge in [0.1, 0.15) is 5.82 Å². The van der Waals surface area contributed by atoms with Gasteiger partial charge in [0.05, 0.1) is 12.3 Å². The molecule has 1 fully saturated rings. The molecule has 1 N–H and O–H groups in total. The highest BCUT2D eigenvalue weighted by molar-refractivity contribution is 5.49. The van der Waals surface area contributed by atoms with Gasteiger partial charge in [-0.2, -0.15) is 4.68 Å². The molecule has 0 spiro atoms. The van der Waals surface area contributed by atoms with Crippen molar-refractivity contribution in [2.45, 2.75) is 18.8 Å². The fourth-order valence-corrected chi connectivity index (χ4v) is 3.36. The van der Waals surface area contributed by atoms with E-state index in [4.69, 9.17) is 4.74 Å². The monoisotopic (exact) mass is 353 g/mol. The van der Waals surface area contributed by atoms with Crippen LogP contribution in [-0.2, 0) is 10.2 Å². The van der Waals surface area contributed by atoms with Crippen LogP contribution in [0.4, 0.5) is 10.1 Å². The number of hydrogen-bond donors (Lipinski definition) is 1. The van der Waals surface area contributed by atoms with Crippen molar-refractivity contribution >= 4 is 5.69 Å². The maximum absolute atomic E-state index is 13.7. The molecule has 0 saturated carbocycles. The van der Waals surface area contributed by atoms with E-state index in [1.807, 2.05) is 37.3 Å². The highest BCUT2D eigenvalue weighted by Gasteiger charge is 2.36. The Morgan fingerprint density at radius 2 is 2.08 bits per heavy atom. The normalized spacial score (nSPS) is 19.6. The third-order valence-corrected chi connectivity index (χ3v) is 4.91. The standard InChI is InChI=1S/C19H20FN5O/c1-14-22-23-24-25(14)18-7-5-17(6-8-18)21-12-19(9-10-26-13-19)15-3-2-4-16(20)11-15/h2-8,11,21H,9-10,12-13H2,1H3/t19-/m0/s1. The van der Waals surface area contributed by atoms with Gasteiger partial charge in [-0.1, -0.05) is 12.1 Å². The molecule has 1 aliphatic heterocycles. The quantitative estimate of drug-likeness (QED) is 0.764. The summed E-state index contributed by atoms with van der Waals surface area (Å²) < 4.78 is 21.0. The third kappa shape index (κ3) is 3.17. The zero-order valence-corrected chi connectivity index (χ0v) is 14.5. The third-order valence-electron chi connectivity index (χ3n) is 4.91. The second-order valence-corrected chi connectivity index (χ2v) is 6.63. The largest absolute Gasteiger partial charge is 0.384 e. The number of hydrogen-bond acceptors (Lipinski definition) is 5. The lowest BCUT2D eigenvalue weighted by molar-refractivity contribution is 0.179. The average molecular weight is 353 g/mol. The lowest BCUT2D eigenvalue weighted by atomic mass is 9.79. The molecule has 3 aromatic rings. The minimum absolute atomic E-state index is 0.213. The number of nitrogens with zero attached hydrogens (tertiary/aromatic N) is 4. The number of aromatic nitrogens is 4. The van der Waals surface area contributed by atoms with Crippen molar-refractivity contribution in [1.29, 1.82) is 0 Å². The van der Waals surface area contributed by atoms with E-state index in [2.05, 4.69) is 20.8 Å². The molecule has 1 aliphatic rings. The Morgan fingerprint density at radius 1 is 1.23 bits per heavy atom. The number of rotatable bonds is 5. The van der Waals surface area contributed by atoms with E-state index in [9.17, 15) is 4.39 Å². The highest BCUT2D eigenvalue weighted by Crippen LogP contribution is 2.34. The van der Waals surface area contributed by atoms with Crippen LogP contribution in [0, 0.1) is 12.7 Å². The molecule has 0 amide bonds. The Morgan fingerprint density at radius 3 is 2.73 bits per heavy atom. The van der Waals surface area contributed by atoms with Gasteiger partial charge in [0.2, 0.25) is 0 Å². The van der Waals surface area contributed by atoms with Crippen LogP contribution >= 0.6 is 0 Å². The Bertz CT molecular complexity index is 887. The first-order valence-corrected chi connectivity index (χ1v) is 8.59. The number of aryl methyl sites for hydroxylation is 1. The number of nitrogens with one attached hydrogen (secondary N) is 1. The second-order valence-electron chi connectivity index (χ2n) is 6.63. The van der Waals surface area contributed by atoms with Crippen molar-refractivity contribution in [1.82, 2.24) is 20.2 Å². The minimum atomic E-state index is -0.215. The molecule has 0 aliphatic carbocycles. The zero-order valence-electron chi connectivity index (χ0n) is 14.5. The van der Waals surface area contributed by atoms with Crippen molar-refractivity contribution in [3.05, 3.63) is 65.7 Å². The molecule has 2 aromatic carbocycles. The summed E-state index contributed by atoms with van der Waals surface area (Å²) in [6, 6.07) is 14.7. The van der Waals surface area contributed by atoms with Crippen molar-refractivity contribution in [2.24, 2.45) is 0 Å². The highest BCUT2D eigenvalue weighted by atomic mass is 19.1. The molecule has 6 nitrogen and oxygen atoms in total. The SMILES string of the molecule is Cc1nnnn1-c1ccc(NC[C@@]2(c3cccc(F)c3)CCOC2)cc1. The van der Waals surface area contributed by atoms with E-state index in [1.54, 1.807) is 16.8 Å². The number of anilines is 1. The van der Waals surface area contributed by atoms with Gasteiger partial charge in [0.15, 0.2) is 5.82 Å². The summed E-state index contributed by atoms with van der Waals surface area (Å²) >= 11 is 0. The van der Waals surface area contributed by atoms with Gasteiger partial charge in [-0.3, -0.25) is 0 Å². The number of halogens is 1. The first kappa shape index (κ1) is 16.7. The maximum Gasteiger partial charge on any atom is 0.153 e. The van der Waals surface area contributed by atoms with E-state index in [0.717, 1.165) is 29.2 Å². The number of benzene rings is 2. The van der Waals surface area contributed by atoms with Crippen molar-refractivity contribution in [2.75, 3.05) is 25.1 Å². The summed E-state index contributed by atoms with van der Waals surface area (Å²) in [5.74, 6) is 0.522. The minimum Gasteiger partial charge on any atom is -0.384 e. The van der Waals surface area contributed by atoms with Gasteiger partial charge in [-0.05, 0) is 65.7 Å². The lowest BCUT2D eigenvalue weighted by Crippen LogP contribution is -2.35. The van der Waals surface area contributed by atoms with E-state index in [1.165, 1.54) is 6.07 Å². The second kappa shape index (κ2) is 6.84. The molecule has 1 atom stereocenters. The maximum atomic E-state index is 13.7. The van der Waals surface area contributed by atoms with Crippen LogP contribution in [-0.4, -0.2) is 40.0 Å². The van der Waals surface area contributed by atoms with Gasteiger partial charge in [0, 0.05) is 24.3 Å². The first-order chi connectivity index (χ1) is 12.7. The van der Waals surface area contributed by atoms with Crippen LogP contribution < -0.4 is 5.32 Å². The van der Waals surface area contributed by atoms with E-state index >= 15 is 0 Å². The Labute approximate surface area is 151 Å². The molecule has 0 unspecified atom stereocenters. The number of ether oxygens (including phenoxy) is 1.